The van der Waals surface area contributed by atoms with Crippen LogP contribution in [0.3, 0.4) is 0 Å². The Balaban J connectivity index is -0.0000000651. The van der Waals surface area contributed by atoms with Gasteiger partial charge in [-0.15, -0.1) is 0 Å². The van der Waals surface area contributed by atoms with Gasteiger partial charge in [0.1, 0.15) is 12.6 Å². The van der Waals surface area contributed by atoms with Crippen LogP contribution in [0.4, 0.5) is 17.6 Å². The first-order chi connectivity index (χ1) is 5.21. The van der Waals surface area contributed by atoms with Crippen molar-refractivity contribution in [2.45, 2.75) is 6.18 Å². The Bertz CT molecular complexity index is 171. The molecule has 0 rings (SSSR count). The van der Waals surface area contributed by atoms with E-state index >= 15 is 0 Å². The second kappa shape index (κ2) is 9.67. The molecule has 0 bridgehead atoms. The Labute approximate surface area is 75.7 Å². The third-order valence-electron chi connectivity index (χ3n) is 0.341. The van der Waals surface area contributed by atoms with Crippen molar-refractivity contribution in [2.75, 3.05) is 6.67 Å². The molecule has 8 N–H and O–H groups in total. The summed E-state index contributed by atoms with van der Waals surface area (Å²) in [4.78, 5) is 17.7. The van der Waals surface area contributed by atoms with E-state index in [4.69, 9.17) is 19.8 Å². The largest absolute Gasteiger partial charge is 0.547 e. The zero-order valence-electron chi connectivity index (χ0n) is 7.35. The highest BCUT2D eigenvalue weighted by molar-refractivity contribution is 5.70. The first-order valence-corrected chi connectivity index (χ1v) is 2.25. The van der Waals surface area contributed by atoms with Crippen LogP contribution >= 0.6 is 0 Å². The van der Waals surface area contributed by atoms with E-state index in [-0.39, 0.29) is 12.3 Å². The number of carboxylic acids is 2. The summed E-state index contributed by atoms with van der Waals surface area (Å²) in [7, 11) is 0. The highest BCUT2D eigenvalue weighted by Gasteiger charge is 2.28. The average molecular weight is 226 g/mol. The maximum atomic E-state index is 10.5. The van der Waals surface area contributed by atoms with Gasteiger partial charge in [-0.3, -0.25) is 0 Å². The van der Waals surface area contributed by atoms with Gasteiger partial charge in [0.15, 0.2) is 0 Å². The van der Waals surface area contributed by atoms with Crippen molar-refractivity contribution < 1.29 is 37.4 Å². The molecule has 0 amide bonds. The van der Waals surface area contributed by atoms with E-state index in [9.17, 15) is 17.6 Å². The van der Waals surface area contributed by atoms with E-state index in [0.29, 0.717) is 0 Å². The molecule has 0 aromatic heterocycles. The third-order valence-corrected chi connectivity index (χ3v) is 0.341. The number of halogens is 4. The number of aliphatic carboxylic acids is 2. The average Bonchev–Trinajstić information content (AvgIpc) is 1.87. The van der Waals surface area contributed by atoms with Gasteiger partial charge < -0.3 is 32.1 Å². The van der Waals surface area contributed by atoms with Gasteiger partial charge in [-0.05, 0) is 0 Å². The minimum atomic E-state index is -5.19. The zero-order valence-corrected chi connectivity index (χ0v) is 7.35. The predicted molar refractivity (Wildman–Crippen MR) is 34.0 cm³/mol. The molecule has 10 heteroatoms. The summed E-state index contributed by atoms with van der Waals surface area (Å²) in [5.74, 6) is -4.67. The van der Waals surface area contributed by atoms with Crippen LogP contribution in [-0.4, -0.2) is 24.8 Å². The summed E-state index contributed by atoms with van der Waals surface area (Å²) >= 11 is 0. The minimum absolute atomic E-state index is 0. The standard InChI is InChI=1S/C2HF3O2.C2H3FO2.2H3N/c3-2(4,5)1(6)7;3-1-2(4)5;;/h(H,6,7);1H2,(H,4,5);2*1H3. The fraction of sp³-hybridized carbons (Fsp3) is 0.500. The molecule has 0 aliphatic heterocycles. The topological polar surface area (TPSA) is 153 Å². The second-order valence-electron chi connectivity index (χ2n) is 1.29. The molecule has 0 saturated carbocycles. The highest BCUT2D eigenvalue weighted by Crippen LogP contribution is 2.11. The van der Waals surface area contributed by atoms with Crippen LogP contribution in [-0.2, 0) is 9.59 Å². The molecular formula is C4H10F4N2O4. The minimum Gasteiger partial charge on any atom is -0.547 e. The molecule has 0 spiro atoms. The Morgan fingerprint density at radius 2 is 1.21 bits per heavy atom. The highest BCUT2D eigenvalue weighted by atomic mass is 19.4. The second-order valence-corrected chi connectivity index (χ2v) is 1.29. The lowest BCUT2D eigenvalue weighted by molar-refractivity contribution is -0.344. The molecule has 0 unspecified atom stereocenters. The van der Waals surface area contributed by atoms with E-state index < -0.39 is 24.8 Å². The summed E-state index contributed by atoms with van der Waals surface area (Å²) in [5.41, 5.74) is 0. The lowest BCUT2D eigenvalue weighted by Gasteiger charge is -2.03. The van der Waals surface area contributed by atoms with Gasteiger partial charge in [0.2, 0.25) is 0 Å². The van der Waals surface area contributed by atoms with Gasteiger partial charge in [0, 0.05) is 0 Å². The van der Waals surface area contributed by atoms with Crippen molar-refractivity contribution in [3.05, 3.63) is 0 Å². The number of carboxylic acid groups (broad SMARTS) is 2. The van der Waals surface area contributed by atoms with Crippen LogP contribution in [0.5, 0.6) is 0 Å². The van der Waals surface area contributed by atoms with E-state index in [2.05, 4.69) is 0 Å². The van der Waals surface area contributed by atoms with Crippen LogP contribution in [0.15, 0.2) is 0 Å². The van der Waals surface area contributed by atoms with E-state index in [1.165, 1.54) is 0 Å². The van der Waals surface area contributed by atoms with Gasteiger partial charge in [0.05, 0.1) is 5.97 Å². The molecular weight excluding hydrogens is 216 g/mol. The van der Waals surface area contributed by atoms with Crippen LogP contribution in [0.1, 0.15) is 0 Å². The number of carbonyl (C=O) groups excluding carboxylic acids is 2. The van der Waals surface area contributed by atoms with Gasteiger partial charge >= 0.3 is 6.18 Å². The Hall–Kier alpha value is -1.42. The van der Waals surface area contributed by atoms with E-state index in [1.807, 2.05) is 0 Å². The molecule has 0 aliphatic carbocycles. The predicted octanol–water partition coefficient (Wildman–Crippen LogP) is -1.24. The molecule has 0 aromatic rings. The van der Waals surface area contributed by atoms with Gasteiger partial charge in [-0.25, -0.2) is 4.39 Å². The first kappa shape index (κ1) is 22.9. The van der Waals surface area contributed by atoms with Crippen LogP contribution in [0.25, 0.3) is 0 Å². The van der Waals surface area contributed by atoms with Crippen LogP contribution in [0, 0.1) is 0 Å². The van der Waals surface area contributed by atoms with Crippen molar-refractivity contribution >= 4 is 11.9 Å². The maximum Gasteiger partial charge on any atom is 0.430 e. The van der Waals surface area contributed by atoms with Crippen molar-refractivity contribution in [3.8, 4) is 0 Å². The fourth-order valence-corrected chi connectivity index (χ4v) is 0. The number of rotatable bonds is 1. The number of quaternary nitrogens is 2. The number of alkyl halides is 4. The molecule has 0 saturated heterocycles. The third kappa shape index (κ3) is 22.4. The van der Waals surface area contributed by atoms with Crippen molar-refractivity contribution in [3.63, 3.8) is 0 Å². The summed E-state index contributed by atoms with van der Waals surface area (Å²) in [6.45, 7) is -1.39. The Morgan fingerprint density at radius 1 is 1.07 bits per heavy atom. The van der Waals surface area contributed by atoms with E-state index in [1.54, 1.807) is 0 Å². The lowest BCUT2D eigenvalue weighted by atomic mass is 10.7. The van der Waals surface area contributed by atoms with Crippen molar-refractivity contribution in [1.29, 1.82) is 0 Å². The van der Waals surface area contributed by atoms with Gasteiger partial charge in [-0.2, -0.15) is 13.2 Å². The number of hydrogen-bond acceptors (Lipinski definition) is 4. The van der Waals surface area contributed by atoms with Gasteiger partial charge in [-0.1, -0.05) is 0 Å². The molecule has 14 heavy (non-hydrogen) atoms. The zero-order chi connectivity index (χ0) is 10.4. The summed E-state index contributed by atoms with van der Waals surface area (Å²) in [6.07, 6.45) is -5.19. The number of carbonyl (C=O) groups is 2. The van der Waals surface area contributed by atoms with Crippen molar-refractivity contribution in [2.24, 2.45) is 0 Å². The Kier molecular flexibility index (Phi) is 15.8. The number of hydrogen-bond donors (Lipinski definition) is 2. The molecule has 0 atom stereocenters. The normalized spacial score (nSPS) is 8.29. The summed E-state index contributed by atoms with van der Waals surface area (Å²) < 4.78 is 42.0. The van der Waals surface area contributed by atoms with Crippen molar-refractivity contribution in [1.82, 2.24) is 12.3 Å². The molecule has 0 radical (unpaired) electrons. The lowest BCUT2D eigenvalue weighted by Crippen LogP contribution is -2.37. The molecule has 0 fully saturated rings. The van der Waals surface area contributed by atoms with E-state index in [0.717, 1.165) is 0 Å². The van der Waals surface area contributed by atoms with Gasteiger partial charge in [0.25, 0.3) is 0 Å². The monoisotopic (exact) mass is 226 g/mol. The fourth-order valence-electron chi connectivity index (χ4n) is 0. The quantitative estimate of drug-likeness (QED) is 0.536. The summed E-state index contributed by atoms with van der Waals surface area (Å²) in [5, 5.41) is 17.7. The summed E-state index contributed by atoms with van der Waals surface area (Å²) in [6, 6.07) is 0. The molecule has 0 aliphatic rings. The molecule has 88 valence electrons. The smallest absolute Gasteiger partial charge is 0.430 e. The maximum absolute atomic E-state index is 10.5. The van der Waals surface area contributed by atoms with Crippen LogP contribution < -0.4 is 22.5 Å². The molecule has 6 nitrogen and oxygen atoms in total. The van der Waals surface area contributed by atoms with Crippen LogP contribution in [0.2, 0.25) is 0 Å². The molecule has 0 aromatic carbocycles. The SMILES string of the molecule is O=C([O-])C(F)(F)F.O=C([O-])CF.[NH4+].[NH4+]. The molecule has 0 heterocycles. The Morgan fingerprint density at radius 3 is 1.21 bits per heavy atom. The first-order valence-electron chi connectivity index (χ1n) is 2.25.